The summed E-state index contributed by atoms with van der Waals surface area (Å²) in [4.78, 5) is 11.6. The summed E-state index contributed by atoms with van der Waals surface area (Å²) in [6.07, 6.45) is 0. The second-order valence-corrected chi connectivity index (χ2v) is 6.40. The van der Waals surface area contributed by atoms with Crippen molar-refractivity contribution in [1.82, 2.24) is 10.2 Å². The van der Waals surface area contributed by atoms with Crippen LogP contribution in [-0.2, 0) is 9.53 Å². The van der Waals surface area contributed by atoms with Gasteiger partial charge in [-0.3, -0.25) is 4.79 Å². The van der Waals surface area contributed by atoms with E-state index in [1.54, 1.807) is 6.92 Å². The fourth-order valence-electron chi connectivity index (χ4n) is 2.34. The van der Waals surface area contributed by atoms with Gasteiger partial charge < -0.3 is 4.74 Å². The van der Waals surface area contributed by atoms with Crippen LogP contribution in [0.3, 0.4) is 0 Å². The fraction of sp³-hybridized carbons (Fsp3) is 0.167. The van der Waals surface area contributed by atoms with E-state index in [0.717, 1.165) is 27.1 Å². The Balaban J connectivity index is 1.98. The Kier molecular flexibility index (Phi) is 5.33. The number of hydrogen-bond donors (Lipinski definition) is 0. The lowest BCUT2D eigenvalue weighted by Crippen LogP contribution is -2.07. The number of rotatable bonds is 5. The molecule has 122 valence electrons. The van der Waals surface area contributed by atoms with E-state index in [2.05, 4.69) is 10.2 Å². The highest BCUT2D eigenvalue weighted by Gasteiger charge is 2.13. The first-order valence-corrected chi connectivity index (χ1v) is 8.85. The van der Waals surface area contributed by atoms with E-state index in [1.807, 2.05) is 48.5 Å². The van der Waals surface area contributed by atoms with E-state index in [4.69, 9.17) is 16.3 Å². The van der Waals surface area contributed by atoms with Gasteiger partial charge in [-0.05, 0) is 19.1 Å². The van der Waals surface area contributed by atoms with Crippen LogP contribution in [0.2, 0.25) is 5.02 Å². The molecule has 0 N–H and O–H groups in total. The maximum Gasteiger partial charge on any atom is 0.316 e. The lowest BCUT2D eigenvalue weighted by Gasteiger charge is -2.09. The SMILES string of the molecule is CCOC(=O)CSc1nnc(-c2ccc(Cl)cc2)c2ccccc12. The quantitative estimate of drug-likeness (QED) is 0.492. The number of halogens is 1. The molecule has 1 heterocycles. The van der Waals surface area contributed by atoms with Gasteiger partial charge in [-0.2, -0.15) is 0 Å². The van der Waals surface area contributed by atoms with Gasteiger partial charge in [0.05, 0.1) is 12.4 Å². The van der Waals surface area contributed by atoms with Gasteiger partial charge in [0.15, 0.2) is 0 Å². The summed E-state index contributed by atoms with van der Waals surface area (Å²) < 4.78 is 4.96. The normalized spacial score (nSPS) is 10.8. The summed E-state index contributed by atoms with van der Waals surface area (Å²) in [5, 5.41) is 12.0. The molecule has 0 spiro atoms. The van der Waals surface area contributed by atoms with E-state index in [-0.39, 0.29) is 11.7 Å². The molecule has 0 saturated heterocycles. The van der Waals surface area contributed by atoms with E-state index < -0.39 is 0 Å². The number of benzene rings is 2. The zero-order chi connectivity index (χ0) is 16.9. The van der Waals surface area contributed by atoms with Crippen LogP contribution in [0.5, 0.6) is 0 Å². The molecule has 0 amide bonds. The van der Waals surface area contributed by atoms with Crippen molar-refractivity contribution in [2.75, 3.05) is 12.4 Å². The summed E-state index contributed by atoms with van der Waals surface area (Å²) in [5.74, 6) is -0.0394. The largest absolute Gasteiger partial charge is 0.465 e. The van der Waals surface area contributed by atoms with Crippen molar-refractivity contribution in [3.8, 4) is 11.3 Å². The number of thioether (sulfide) groups is 1. The molecule has 1 aromatic heterocycles. The molecule has 0 unspecified atom stereocenters. The van der Waals surface area contributed by atoms with E-state index in [9.17, 15) is 4.79 Å². The predicted octanol–water partition coefficient (Wildman–Crippen LogP) is 4.61. The molecule has 0 radical (unpaired) electrons. The molecule has 0 saturated carbocycles. The molecule has 0 atom stereocenters. The van der Waals surface area contributed by atoms with Crippen molar-refractivity contribution in [1.29, 1.82) is 0 Å². The first kappa shape index (κ1) is 16.7. The number of hydrogen-bond acceptors (Lipinski definition) is 5. The number of nitrogens with zero attached hydrogens (tertiary/aromatic N) is 2. The van der Waals surface area contributed by atoms with Gasteiger partial charge in [0.2, 0.25) is 0 Å². The maximum absolute atomic E-state index is 11.6. The summed E-state index contributed by atoms with van der Waals surface area (Å²) in [7, 11) is 0. The van der Waals surface area contributed by atoms with Crippen molar-refractivity contribution in [3.05, 3.63) is 53.6 Å². The van der Waals surface area contributed by atoms with Crippen LogP contribution in [-0.4, -0.2) is 28.5 Å². The fourth-order valence-corrected chi connectivity index (χ4v) is 3.23. The Morgan fingerprint density at radius 2 is 1.79 bits per heavy atom. The van der Waals surface area contributed by atoms with Crippen molar-refractivity contribution >= 4 is 40.1 Å². The number of esters is 1. The van der Waals surface area contributed by atoms with Crippen molar-refractivity contribution in [3.63, 3.8) is 0 Å². The molecule has 0 bridgehead atoms. The third-order valence-electron chi connectivity index (χ3n) is 3.40. The van der Waals surface area contributed by atoms with Crippen LogP contribution < -0.4 is 0 Å². The van der Waals surface area contributed by atoms with E-state index in [1.165, 1.54) is 11.8 Å². The summed E-state index contributed by atoms with van der Waals surface area (Å²) >= 11 is 7.29. The summed E-state index contributed by atoms with van der Waals surface area (Å²) in [6, 6.07) is 15.4. The highest BCUT2D eigenvalue weighted by molar-refractivity contribution is 8.00. The average Bonchev–Trinajstić information content (AvgIpc) is 2.61. The Bertz CT molecular complexity index is 869. The number of carbonyl (C=O) groups excluding carboxylic acids is 1. The first-order valence-electron chi connectivity index (χ1n) is 7.49. The molecule has 6 heteroatoms. The number of carbonyl (C=O) groups is 1. The van der Waals surface area contributed by atoms with Crippen molar-refractivity contribution in [2.24, 2.45) is 0 Å². The zero-order valence-corrected chi connectivity index (χ0v) is 14.6. The number of fused-ring (bicyclic) bond motifs is 1. The molecule has 4 nitrogen and oxygen atoms in total. The third kappa shape index (κ3) is 3.68. The van der Waals surface area contributed by atoms with Crippen molar-refractivity contribution in [2.45, 2.75) is 11.9 Å². The van der Waals surface area contributed by atoms with Crippen LogP contribution in [0.25, 0.3) is 22.0 Å². The maximum atomic E-state index is 11.6. The van der Waals surface area contributed by atoms with Crippen LogP contribution in [0.1, 0.15) is 6.92 Å². The topological polar surface area (TPSA) is 52.1 Å². The molecule has 0 aliphatic heterocycles. The monoisotopic (exact) mass is 358 g/mol. The van der Waals surface area contributed by atoms with Gasteiger partial charge >= 0.3 is 5.97 Å². The lowest BCUT2D eigenvalue weighted by atomic mass is 10.1. The number of ether oxygens (including phenoxy) is 1. The smallest absolute Gasteiger partial charge is 0.316 e. The zero-order valence-electron chi connectivity index (χ0n) is 13.0. The molecule has 24 heavy (non-hydrogen) atoms. The van der Waals surface area contributed by atoms with Gasteiger partial charge in [0.25, 0.3) is 0 Å². The van der Waals surface area contributed by atoms with Gasteiger partial charge in [-0.25, -0.2) is 0 Å². The minimum atomic E-state index is -0.254. The minimum Gasteiger partial charge on any atom is -0.465 e. The molecule has 3 aromatic rings. The second kappa shape index (κ2) is 7.64. The van der Waals surface area contributed by atoms with Gasteiger partial charge in [-0.15, -0.1) is 10.2 Å². The first-order chi connectivity index (χ1) is 11.7. The molecule has 0 aliphatic carbocycles. The van der Waals surface area contributed by atoms with Gasteiger partial charge in [0, 0.05) is 21.4 Å². The van der Waals surface area contributed by atoms with Crippen LogP contribution >= 0.6 is 23.4 Å². The highest BCUT2D eigenvalue weighted by atomic mass is 35.5. The molecule has 0 aliphatic rings. The van der Waals surface area contributed by atoms with Crippen LogP contribution in [0.15, 0.2) is 53.6 Å². The Labute approximate surface area is 149 Å². The molecule has 0 fully saturated rings. The van der Waals surface area contributed by atoms with E-state index in [0.29, 0.717) is 11.6 Å². The van der Waals surface area contributed by atoms with Gasteiger partial charge in [0.1, 0.15) is 10.7 Å². The second-order valence-electron chi connectivity index (χ2n) is 5.00. The molecule has 3 rings (SSSR count). The molecular formula is C18H15ClN2O2S. The average molecular weight is 359 g/mol. The van der Waals surface area contributed by atoms with E-state index >= 15 is 0 Å². The van der Waals surface area contributed by atoms with Crippen LogP contribution in [0.4, 0.5) is 0 Å². The standard InChI is InChI=1S/C18H15ClN2O2S/c1-2-23-16(22)11-24-18-15-6-4-3-5-14(15)17(20-21-18)12-7-9-13(19)10-8-12/h3-10H,2,11H2,1H3. The minimum absolute atomic E-state index is 0.215. The van der Waals surface area contributed by atoms with Gasteiger partial charge in [-0.1, -0.05) is 59.8 Å². The van der Waals surface area contributed by atoms with Crippen molar-refractivity contribution < 1.29 is 9.53 Å². The Hall–Kier alpha value is -2.11. The lowest BCUT2D eigenvalue weighted by molar-refractivity contribution is -0.139. The molecule has 2 aromatic carbocycles. The summed E-state index contributed by atoms with van der Waals surface area (Å²) in [5.41, 5.74) is 1.74. The Morgan fingerprint density at radius 1 is 1.08 bits per heavy atom. The Morgan fingerprint density at radius 3 is 2.50 bits per heavy atom. The summed E-state index contributed by atoms with van der Waals surface area (Å²) in [6.45, 7) is 2.17. The predicted molar refractivity (Wildman–Crippen MR) is 97.3 cm³/mol. The highest BCUT2D eigenvalue weighted by Crippen LogP contribution is 2.32. The third-order valence-corrected chi connectivity index (χ3v) is 4.61. The van der Waals surface area contributed by atoms with Crippen LogP contribution in [0, 0.1) is 0 Å². The number of aromatic nitrogens is 2. The molecular weight excluding hydrogens is 344 g/mol.